The molecule has 146 valence electrons. The summed E-state index contributed by atoms with van der Waals surface area (Å²) in [7, 11) is 0. The standard InChI is InChI=1S/C23H22N4OS/c24-15-16-10-11-18(21(28)14-16)12-13-27(23(26)29)22(25)20-9-5-4-8-19(20)17-6-2-1-3-7-17/h1-2,4-6,8-11,14,25,28H,3,7,12-13H2,(H2,26,29). The highest BCUT2D eigenvalue weighted by molar-refractivity contribution is 7.80. The number of rotatable bonds is 5. The number of nitriles is 1. The summed E-state index contributed by atoms with van der Waals surface area (Å²) in [6.45, 7) is 0.348. The predicted octanol–water partition coefficient (Wildman–Crippen LogP) is 4.11. The molecule has 2 aromatic carbocycles. The van der Waals surface area contributed by atoms with Gasteiger partial charge in [0.2, 0.25) is 0 Å². The summed E-state index contributed by atoms with van der Waals surface area (Å²) in [5, 5.41) is 28.0. The Bertz CT molecular complexity index is 1050. The quantitative estimate of drug-likeness (QED) is 0.397. The summed E-state index contributed by atoms with van der Waals surface area (Å²) < 4.78 is 0. The van der Waals surface area contributed by atoms with Gasteiger partial charge >= 0.3 is 0 Å². The first-order chi connectivity index (χ1) is 14.0. The molecule has 4 N–H and O–H groups in total. The zero-order valence-electron chi connectivity index (χ0n) is 15.9. The summed E-state index contributed by atoms with van der Waals surface area (Å²) in [6, 6.07) is 14.6. The van der Waals surface area contributed by atoms with E-state index in [9.17, 15) is 5.11 Å². The number of phenolic OH excluding ortho intramolecular Hbond substituents is 1. The van der Waals surface area contributed by atoms with Crippen molar-refractivity contribution in [2.24, 2.45) is 5.73 Å². The van der Waals surface area contributed by atoms with Crippen molar-refractivity contribution in [2.45, 2.75) is 19.3 Å². The lowest BCUT2D eigenvalue weighted by Crippen LogP contribution is -2.42. The Labute approximate surface area is 175 Å². The van der Waals surface area contributed by atoms with E-state index in [0.29, 0.717) is 24.1 Å². The minimum Gasteiger partial charge on any atom is -0.508 e. The molecule has 0 spiro atoms. The number of allylic oxidation sites excluding steroid dienone is 4. The fourth-order valence-electron chi connectivity index (χ4n) is 3.35. The number of hydrogen-bond acceptors (Lipinski definition) is 4. The second kappa shape index (κ2) is 9.18. The summed E-state index contributed by atoms with van der Waals surface area (Å²) >= 11 is 5.21. The molecule has 0 unspecified atom stereocenters. The number of phenols is 1. The first kappa shape index (κ1) is 20.3. The fraction of sp³-hybridized carbons (Fsp3) is 0.174. The Hall–Kier alpha value is -3.43. The number of nitrogens with one attached hydrogen (secondary N) is 1. The smallest absolute Gasteiger partial charge is 0.171 e. The van der Waals surface area contributed by atoms with Gasteiger partial charge in [-0.05, 0) is 60.3 Å². The van der Waals surface area contributed by atoms with Crippen LogP contribution in [-0.2, 0) is 6.42 Å². The highest BCUT2D eigenvalue weighted by Crippen LogP contribution is 2.27. The van der Waals surface area contributed by atoms with Gasteiger partial charge in [0.25, 0.3) is 0 Å². The highest BCUT2D eigenvalue weighted by atomic mass is 32.1. The van der Waals surface area contributed by atoms with Crippen molar-refractivity contribution in [3.05, 3.63) is 82.9 Å². The Balaban J connectivity index is 1.84. The number of hydrogen-bond donors (Lipinski definition) is 3. The summed E-state index contributed by atoms with van der Waals surface area (Å²) in [6.07, 6.45) is 8.58. The molecule has 1 aliphatic rings. The van der Waals surface area contributed by atoms with E-state index in [4.69, 9.17) is 28.6 Å². The van der Waals surface area contributed by atoms with E-state index >= 15 is 0 Å². The molecule has 5 nitrogen and oxygen atoms in total. The number of thiocarbonyl (C=S) groups is 1. The molecule has 2 aromatic rings. The van der Waals surface area contributed by atoms with E-state index < -0.39 is 0 Å². The number of aromatic hydroxyl groups is 1. The van der Waals surface area contributed by atoms with Crippen LogP contribution in [0.5, 0.6) is 5.75 Å². The van der Waals surface area contributed by atoms with Crippen LogP contribution < -0.4 is 5.73 Å². The van der Waals surface area contributed by atoms with Gasteiger partial charge in [0.1, 0.15) is 11.6 Å². The van der Waals surface area contributed by atoms with Gasteiger partial charge in [-0.2, -0.15) is 5.26 Å². The van der Waals surface area contributed by atoms with Crippen LogP contribution in [0.2, 0.25) is 0 Å². The highest BCUT2D eigenvalue weighted by Gasteiger charge is 2.19. The third kappa shape index (κ3) is 4.71. The molecule has 0 atom stereocenters. The lowest BCUT2D eigenvalue weighted by atomic mass is 9.93. The molecule has 0 saturated carbocycles. The third-order valence-electron chi connectivity index (χ3n) is 4.90. The maximum absolute atomic E-state index is 10.1. The molecule has 6 heteroatoms. The average Bonchev–Trinajstić information content (AvgIpc) is 2.75. The van der Waals surface area contributed by atoms with Gasteiger partial charge in [-0.15, -0.1) is 0 Å². The maximum Gasteiger partial charge on any atom is 0.171 e. The van der Waals surface area contributed by atoms with Crippen molar-refractivity contribution in [3.8, 4) is 11.8 Å². The summed E-state index contributed by atoms with van der Waals surface area (Å²) in [5.41, 5.74) is 9.96. The van der Waals surface area contributed by atoms with Gasteiger partial charge in [-0.1, -0.05) is 48.6 Å². The zero-order valence-corrected chi connectivity index (χ0v) is 16.7. The molecule has 0 amide bonds. The van der Waals surface area contributed by atoms with Crippen molar-refractivity contribution >= 4 is 28.7 Å². The minimum atomic E-state index is 0.0537. The van der Waals surface area contributed by atoms with Gasteiger partial charge in [0.15, 0.2) is 5.11 Å². The summed E-state index contributed by atoms with van der Waals surface area (Å²) in [4.78, 5) is 1.57. The lowest BCUT2D eigenvalue weighted by Gasteiger charge is -2.25. The van der Waals surface area contributed by atoms with Gasteiger partial charge in [-0.25, -0.2) is 0 Å². The first-order valence-corrected chi connectivity index (χ1v) is 9.75. The van der Waals surface area contributed by atoms with E-state index in [-0.39, 0.29) is 16.7 Å². The Morgan fingerprint density at radius 2 is 2.07 bits per heavy atom. The second-order valence-electron chi connectivity index (χ2n) is 6.75. The van der Waals surface area contributed by atoms with Crippen LogP contribution in [0, 0.1) is 16.7 Å². The molecule has 0 heterocycles. The molecule has 3 rings (SSSR count). The van der Waals surface area contributed by atoms with E-state index in [0.717, 1.165) is 24.0 Å². The van der Waals surface area contributed by atoms with Crippen LogP contribution >= 0.6 is 12.2 Å². The van der Waals surface area contributed by atoms with Crippen LogP contribution in [0.25, 0.3) is 5.57 Å². The van der Waals surface area contributed by atoms with Crippen molar-refractivity contribution in [3.63, 3.8) is 0 Å². The van der Waals surface area contributed by atoms with Gasteiger partial charge in [0.05, 0.1) is 11.6 Å². The average molecular weight is 403 g/mol. The monoisotopic (exact) mass is 402 g/mol. The van der Waals surface area contributed by atoms with E-state index in [1.54, 1.807) is 17.0 Å². The van der Waals surface area contributed by atoms with Gasteiger partial charge < -0.3 is 15.7 Å². The molecule has 0 radical (unpaired) electrons. The first-order valence-electron chi connectivity index (χ1n) is 9.34. The number of nitrogens with two attached hydrogens (primary N) is 1. The summed E-state index contributed by atoms with van der Waals surface area (Å²) in [5.74, 6) is 0.287. The number of benzene rings is 2. The second-order valence-corrected chi connectivity index (χ2v) is 7.17. The number of nitrogens with zero attached hydrogens (tertiary/aromatic N) is 2. The van der Waals surface area contributed by atoms with Crippen LogP contribution in [0.3, 0.4) is 0 Å². The fourth-order valence-corrected chi connectivity index (χ4v) is 3.53. The minimum absolute atomic E-state index is 0.0537. The molecule has 0 aromatic heterocycles. The molecule has 0 bridgehead atoms. The van der Waals surface area contributed by atoms with Crippen molar-refractivity contribution < 1.29 is 5.11 Å². The molecular weight excluding hydrogens is 380 g/mol. The molecule has 1 aliphatic carbocycles. The van der Waals surface area contributed by atoms with E-state index in [1.165, 1.54) is 11.6 Å². The van der Waals surface area contributed by atoms with E-state index in [2.05, 4.69) is 12.2 Å². The Kier molecular flexibility index (Phi) is 6.43. The normalized spacial score (nSPS) is 12.7. The number of amidine groups is 1. The van der Waals surface area contributed by atoms with Gasteiger partial charge in [-0.3, -0.25) is 5.41 Å². The largest absolute Gasteiger partial charge is 0.508 e. The van der Waals surface area contributed by atoms with Crippen molar-refractivity contribution in [1.29, 1.82) is 10.7 Å². The topological polar surface area (TPSA) is 97.1 Å². The van der Waals surface area contributed by atoms with Crippen molar-refractivity contribution in [1.82, 2.24) is 4.90 Å². The molecular formula is C23H22N4OS. The predicted molar refractivity (Wildman–Crippen MR) is 120 cm³/mol. The lowest BCUT2D eigenvalue weighted by molar-refractivity contribution is 0.464. The van der Waals surface area contributed by atoms with Gasteiger partial charge in [0, 0.05) is 12.1 Å². The third-order valence-corrected chi connectivity index (χ3v) is 5.12. The van der Waals surface area contributed by atoms with Crippen LogP contribution in [0.1, 0.15) is 35.1 Å². The Morgan fingerprint density at radius 3 is 2.72 bits per heavy atom. The van der Waals surface area contributed by atoms with Crippen molar-refractivity contribution in [2.75, 3.05) is 6.54 Å². The Morgan fingerprint density at radius 1 is 1.28 bits per heavy atom. The molecule has 0 fully saturated rings. The molecule has 0 aliphatic heterocycles. The van der Waals surface area contributed by atoms with Crippen LogP contribution in [-0.4, -0.2) is 27.5 Å². The van der Waals surface area contributed by atoms with Crippen LogP contribution in [0.15, 0.2) is 60.7 Å². The van der Waals surface area contributed by atoms with Crippen LogP contribution in [0.4, 0.5) is 0 Å². The SMILES string of the molecule is N#Cc1ccc(CCN(C(=N)c2ccccc2C2=CC=CCC2)C(N)=S)c(O)c1. The zero-order chi connectivity index (χ0) is 20.8. The molecule has 0 saturated heterocycles. The van der Waals surface area contributed by atoms with E-state index in [1.807, 2.05) is 36.4 Å². The maximum atomic E-state index is 10.1. The molecule has 29 heavy (non-hydrogen) atoms.